The van der Waals surface area contributed by atoms with E-state index in [0.717, 1.165) is 19.4 Å². The highest BCUT2D eigenvalue weighted by Gasteiger charge is 2.27. The van der Waals surface area contributed by atoms with Gasteiger partial charge in [-0.25, -0.2) is 4.39 Å². The summed E-state index contributed by atoms with van der Waals surface area (Å²) in [6, 6.07) is 5.59. The summed E-state index contributed by atoms with van der Waals surface area (Å²) < 4.78 is 13.5. The average Bonchev–Trinajstić information content (AvgIpc) is 2.53. The van der Waals surface area contributed by atoms with E-state index in [-0.39, 0.29) is 17.6 Å². The Morgan fingerprint density at radius 2 is 2.04 bits per heavy atom. The second kappa shape index (κ2) is 8.24. The highest BCUT2D eigenvalue weighted by Crippen LogP contribution is 2.21. The van der Waals surface area contributed by atoms with Crippen LogP contribution in [0.4, 0.5) is 4.39 Å². The molecule has 2 amide bonds. The predicted octanol–water partition coefficient (Wildman–Crippen LogP) is 1.90. The number of carbonyl (C=O) groups is 2. The maximum absolute atomic E-state index is 13.5. The van der Waals surface area contributed by atoms with Crippen molar-refractivity contribution >= 4 is 11.8 Å². The van der Waals surface area contributed by atoms with Crippen LogP contribution in [-0.4, -0.2) is 67.3 Å². The highest BCUT2D eigenvalue weighted by atomic mass is 19.1. The molecule has 6 heteroatoms. The number of likely N-dealkylation sites (N-methyl/N-ethyl adjacent to an activating group) is 2. The number of amides is 2. The molecule has 0 N–H and O–H groups in total. The molecule has 1 heterocycles. The monoisotopic (exact) mass is 335 g/mol. The number of halogens is 1. The number of benzene rings is 1. The molecule has 1 aromatic rings. The van der Waals surface area contributed by atoms with Crippen LogP contribution >= 0.6 is 0 Å². The molecule has 0 aromatic heterocycles. The van der Waals surface area contributed by atoms with Crippen LogP contribution in [-0.2, 0) is 9.59 Å². The van der Waals surface area contributed by atoms with E-state index >= 15 is 0 Å². The van der Waals surface area contributed by atoms with Crippen molar-refractivity contribution in [3.05, 3.63) is 35.6 Å². The van der Waals surface area contributed by atoms with Gasteiger partial charge >= 0.3 is 0 Å². The summed E-state index contributed by atoms with van der Waals surface area (Å²) in [5, 5.41) is 0. The molecule has 2 rings (SSSR count). The number of nitrogens with zero attached hydrogens (tertiary/aromatic N) is 3. The van der Waals surface area contributed by atoms with Gasteiger partial charge in [-0.2, -0.15) is 0 Å². The molecular formula is C18H26FN3O2. The third kappa shape index (κ3) is 4.54. The van der Waals surface area contributed by atoms with Crippen molar-refractivity contribution in [1.29, 1.82) is 0 Å². The van der Waals surface area contributed by atoms with Crippen molar-refractivity contribution in [2.24, 2.45) is 0 Å². The predicted molar refractivity (Wildman–Crippen MR) is 90.9 cm³/mol. The molecule has 0 aliphatic carbocycles. The van der Waals surface area contributed by atoms with E-state index in [2.05, 4.69) is 0 Å². The SMILES string of the molecule is CN(CCN1CCCCC1=O)C(=O)[C@@H](c1cccc(F)c1)N(C)C. The lowest BCUT2D eigenvalue weighted by Gasteiger charge is -2.32. The van der Waals surface area contributed by atoms with Crippen molar-refractivity contribution in [3.8, 4) is 0 Å². The summed E-state index contributed by atoms with van der Waals surface area (Å²) in [5.41, 5.74) is 0.630. The Kier molecular flexibility index (Phi) is 6.31. The topological polar surface area (TPSA) is 43.9 Å². The zero-order valence-corrected chi connectivity index (χ0v) is 14.7. The summed E-state index contributed by atoms with van der Waals surface area (Å²) in [4.78, 5) is 29.9. The molecule has 0 unspecified atom stereocenters. The van der Waals surface area contributed by atoms with E-state index in [4.69, 9.17) is 0 Å². The van der Waals surface area contributed by atoms with Gasteiger partial charge in [-0.15, -0.1) is 0 Å². The zero-order chi connectivity index (χ0) is 17.7. The lowest BCUT2D eigenvalue weighted by atomic mass is 10.0. The third-order valence-electron chi connectivity index (χ3n) is 4.42. The zero-order valence-electron chi connectivity index (χ0n) is 14.7. The summed E-state index contributed by atoms with van der Waals surface area (Å²) in [5.74, 6) is -0.292. The van der Waals surface area contributed by atoms with E-state index in [1.807, 2.05) is 4.90 Å². The molecule has 0 saturated carbocycles. The van der Waals surface area contributed by atoms with Crippen molar-refractivity contribution in [2.45, 2.75) is 25.3 Å². The van der Waals surface area contributed by atoms with Crippen LogP contribution in [0.1, 0.15) is 30.9 Å². The van der Waals surface area contributed by atoms with Crippen molar-refractivity contribution in [1.82, 2.24) is 14.7 Å². The van der Waals surface area contributed by atoms with Crippen LogP contribution in [0.5, 0.6) is 0 Å². The molecule has 1 aromatic carbocycles. The normalized spacial score (nSPS) is 16.4. The standard InChI is InChI=1S/C18H26FN3O2/c1-20(2)17(14-7-6-8-15(19)13-14)18(24)21(3)11-12-22-10-5-4-9-16(22)23/h6-8,13,17H,4-5,9-12H2,1-3H3/t17-/m1/s1. The first kappa shape index (κ1) is 18.4. The van der Waals surface area contributed by atoms with Crippen molar-refractivity contribution < 1.29 is 14.0 Å². The maximum atomic E-state index is 13.5. The van der Waals surface area contributed by atoms with Gasteiger partial charge in [0.15, 0.2) is 0 Å². The third-order valence-corrected chi connectivity index (χ3v) is 4.42. The minimum atomic E-state index is -0.539. The number of hydrogen-bond donors (Lipinski definition) is 0. The van der Waals surface area contributed by atoms with Gasteiger partial charge in [0.2, 0.25) is 11.8 Å². The molecule has 1 saturated heterocycles. The molecule has 1 aliphatic heterocycles. The van der Waals surface area contributed by atoms with E-state index < -0.39 is 6.04 Å². The Morgan fingerprint density at radius 3 is 2.67 bits per heavy atom. The highest BCUT2D eigenvalue weighted by molar-refractivity contribution is 5.83. The Labute approximate surface area is 143 Å². The van der Waals surface area contributed by atoms with Crippen LogP contribution in [0.2, 0.25) is 0 Å². The van der Waals surface area contributed by atoms with Crippen LogP contribution in [0.3, 0.4) is 0 Å². The summed E-state index contributed by atoms with van der Waals surface area (Å²) in [6.07, 6.45) is 2.57. The first-order chi connectivity index (χ1) is 11.4. The van der Waals surface area contributed by atoms with Gasteiger partial charge in [-0.05, 0) is 44.6 Å². The van der Waals surface area contributed by atoms with Crippen molar-refractivity contribution in [3.63, 3.8) is 0 Å². The lowest BCUT2D eigenvalue weighted by molar-refractivity contribution is -0.138. The van der Waals surface area contributed by atoms with Gasteiger partial charge in [0.25, 0.3) is 0 Å². The first-order valence-electron chi connectivity index (χ1n) is 8.35. The number of hydrogen-bond acceptors (Lipinski definition) is 3. The molecular weight excluding hydrogens is 309 g/mol. The summed E-state index contributed by atoms with van der Waals surface area (Å²) in [7, 11) is 5.33. The van der Waals surface area contributed by atoms with Gasteiger partial charge in [0.1, 0.15) is 11.9 Å². The fraction of sp³-hybridized carbons (Fsp3) is 0.556. The quantitative estimate of drug-likeness (QED) is 0.797. The maximum Gasteiger partial charge on any atom is 0.244 e. The molecule has 0 spiro atoms. The molecule has 5 nitrogen and oxygen atoms in total. The Hall–Kier alpha value is -1.95. The molecule has 24 heavy (non-hydrogen) atoms. The minimum absolute atomic E-state index is 0.102. The van der Waals surface area contributed by atoms with Crippen LogP contribution < -0.4 is 0 Å². The number of carbonyl (C=O) groups excluding carboxylic acids is 2. The largest absolute Gasteiger partial charge is 0.342 e. The average molecular weight is 335 g/mol. The molecule has 1 fully saturated rings. The van der Waals surface area contributed by atoms with E-state index in [0.29, 0.717) is 25.1 Å². The summed E-state index contributed by atoms with van der Waals surface area (Å²) >= 11 is 0. The Bertz CT molecular complexity index is 591. The van der Waals surface area contributed by atoms with Gasteiger partial charge in [-0.3, -0.25) is 14.5 Å². The van der Waals surface area contributed by atoms with Crippen LogP contribution in [0.15, 0.2) is 24.3 Å². The minimum Gasteiger partial charge on any atom is -0.342 e. The first-order valence-corrected chi connectivity index (χ1v) is 8.35. The number of likely N-dealkylation sites (tertiary alicyclic amines) is 1. The molecule has 1 aliphatic rings. The summed E-state index contributed by atoms with van der Waals surface area (Å²) in [6.45, 7) is 1.79. The van der Waals surface area contributed by atoms with Gasteiger partial charge < -0.3 is 9.80 Å². The molecule has 132 valence electrons. The molecule has 0 bridgehead atoms. The van der Waals surface area contributed by atoms with Crippen molar-refractivity contribution in [2.75, 3.05) is 40.8 Å². The van der Waals surface area contributed by atoms with E-state index in [1.165, 1.54) is 12.1 Å². The fourth-order valence-corrected chi connectivity index (χ4v) is 3.03. The van der Waals surface area contributed by atoms with Gasteiger partial charge in [0.05, 0.1) is 0 Å². The van der Waals surface area contributed by atoms with Gasteiger partial charge in [-0.1, -0.05) is 12.1 Å². The van der Waals surface area contributed by atoms with E-state index in [1.54, 1.807) is 43.1 Å². The van der Waals surface area contributed by atoms with Crippen LogP contribution in [0, 0.1) is 5.82 Å². The fourth-order valence-electron chi connectivity index (χ4n) is 3.03. The lowest BCUT2D eigenvalue weighted by Crippen LogP contribution is -2.44. The Morgan fingerprint density at radius 1 is 1.29 bits per heavy atom. The number of piperidine rings is 1. The molecule has 1 atom stereocenters. The van der Waals surface area contributed by atoms with Gasteiger partial charge in [0, 0.05) is 33.1 Å². The van der Waals surface area contributed by atoms with E-state index in [9.17, 15) is 14.0 Å². The smallest absolute Gasteiger partial charge is 0.244 e. The molecule has 0 radical (unpaired) electrons. The second-order valence-electron chi connectivity index (χ2n) is 6.52. The second-order valence-corrected chi connectivity index (χ2v) is 6.52. The number of rotatable bonds is 6. The van der Waals surface area contributed by atoms with Crippen LogP contribution in [0.25, 0.3) is 0 Å². The Balaban J connectivity index is 2.02.